The van der Waals surface area contributed by atoms with E-state index in [-0.39, 0.29) is 24.4 Å². The van der Waals surface area contributed by atoms with E-state index in [4.69, 9.17) is 14.2 Å². The largest absolute Gasteiger partial charge is 0.370 e. The van der Waals surface area contributed by atoms with Crippen molar-refractivity contribution >= 4 is 43.1 Å². The van der Waals surface area contributed by atoms with Crippen LogP contribution in [0.25, 0.3) is 43.1 Å². The van der Waals surface area contributed by atoms with Crippen LogP contribution < -0.4 is 0 Å². The minimum atomic E-state index is -0.186. The number of rotatable bonds is 6. The molecule has 2 aliphatic rings. The first kappa shape index (κ1) is 21.3. The van der Waals surface area contributed by atoms with Crippen LogP contribution in [-0.2, 0) is 14.2 Å². The molecule has 0 aromatic heterocycles. The molecule has 4 unspecified atom stereocenters. The van der Waals surface area contributed by atoms with Gasteiger partial charge in [0.15, 0.2) is 0 Å². The van der Waals surface area contributed by atoms with Gasteiger partial charge in [0, 0.05) is 0 Å². The van der Waals surface area contributed by atoms with E-state index in [0.717, 1.165) is 0 Å². The molecule has 2 fully saturated rings. The molecular formula is C34H26O3. The predicted molar refractivity (Wildman–Crippen MR) is 149 cm³/mol. The first-order valence-corrected chi connectivity index (χ1v) is 13.0. The normalized spacial score (nSPS) is 20.4. The van der Waals surface area contributed by atoms with E-state index in [0.29, 0.717) is 13.2 Å². The van der Waals surface area contributed by atoms with Crippen LogP contribution in [0.5, 0.6) is 0 Å². The fraction of sp³-hybridized carbons (Fsp3) is 0.176. The van der Waals surface area contributed by atoms with E-state index >= 15 is 0 Å². The Bertz CT molecular complexity index is 1670. The molecule has 4 atom stereocenters. The summed E-state index contributed by atoms with van der Waals surface area (Å²) < 4.78 is 19.0. The molecule has 0 bridgehead atoms. The summed E-state index contributed by atoms with van der Waals surface area (Å²) >= 11 is 0. The average Bonchev–Trinajstić information content (AvgIpc) is 3.88. The number of hydrogen-bond acceptors (Lipinski definition) is 3. The maximum Gasteiger partial charge on any atom is 0.112 e. The Balaban J connectivity index is 1.31. The first-order chi connectivity index (χ1) is 18.3. The molecule has 0 aliphatic carbocycles. The van der Waals surface area contributed by atoms with Gasteiger partial charge in [0.2, 0.25) is 0 Å². The molecule has 2 heterocycles. The Labute approximate surface area is 215 Å². The van der Waals surface area contributed by atoms with Crippen LogP contribution in [0, 0.1) is 0 Å². The highest BCUT2D eigenvalue weighted by molar-refractivity contribution is 6.10. The van der Waals surface area contributed by atoms with Crippen molar-refractivity contribution < 1.29 is 14.2 Å². The lowest BCUT2D eigenvalue weighted by Gasteiger charge is -2.26. The summed E-state index contributed by atoms with van der Waals surface area (Å²) in [6.45, 7) is 1.42. The summed E-state index contributed by atoms with van der Waals surface area (Å²) in [5, 5.41) is 9.92. The fourth-order valence-corrected chi connectivity index (χ4v) is 5.98. The quantitative estimate of drug-likeness (QED) is 0.179. The molecular weight excluding hydrogens is 456 g/mol. The van der Waals surface area contributed by atoms with Gasteiger partial charge in [0.1, 0.15) is 24.4 Å². The van der Waals surface area contributed by atoms with Crippen LogP contribution in [0.4, 0.5) is 0 Å². The van der Waals surface area contributed by atoms with Gasteiger partial charge in [-0.15, -0.1) is 0 Å². The smallest absolute Gasteiger partial charge is 0.112 e. The van der Waals surface area contributed by atoms with Gasteiger partial charge in [-0.25, -0.2) is 0 Å². The molecule has 6 aromatic carbocycles. The molecule has 3 heteroatoms. The van der Waals surface area contributed by atoms with Crippen molar-refractivity contribution in [2.45, 2.75) is 24.4 Å². The van der Waals surface area contributed by atoms with E-state index < -0.39 is 0 Å². The van der Waals surface area contributed by atoms with Crippen molar-refractivity contribution in [3.63, 3.8) is 0 Å². The first-order valence-electron chi connectivity index (χ1n) is 13.0. The van der Waals surface area contributed by atoms with Crippen LogP contribution in [0.15, 0.2) is 109 Å². The van der Waals surface area contributed by atoms with Gasteiger partial charge in [-0.1, -0.05) is 97.1 Å². The Hall–Kier alpha value is -3.76. The lowest BCUT2D eigenvalue weighted by molar-refractivity contribution is -0.0404. The molecule has 37 heavy (non-hydrogen) atoms. The summed E-state index contributed by atoms with van der Waals surface area (Å²) in [5.74, 6) is 0. The second-order valence-electron chi connectivity index (χ2n) is 10.2. The van der Waals surface area contributed by atoms with Gasteiger partial charge in [0.05, 0.1) is 13.2 Å². The Morgan fingerprint density at radius 3 is 1.24 bits per heavy atom. The molecule has 2 saturated heterocycles. The van der Waals surface area contributed by atoms with Crippen LogP contribution in [-0.4, -0.2) is 25.4 Å². The molecule has 3 nitrogen and oxygen atoms in total. The van der Waals surface area contributed by atoms with Gasteiger partial charge in [-0.3, -0.25) is 0 Å². The summed E-state index contributed by atoms with van der Waals surface area (Å²) in [6.07, 6.45) is -0.294. The third-order valence-corrected chi connectivity index (χ3v) is 7.90. The van der Waals surface area contributed by atoms with Crippen molar-refractivity contribution in [2.24, 2.45) is 0 Å². The second-order valence-corrected chi connectivity index (χ2v) is 10.2. The molecule has 0 spiro atoms. The van der Waals surface area contributed by atoms with E-state index in [1.807, 2.05) is 0 Å². The molecule has 2 aliphatic heterocycles. The van der Waals surface area contributed by atoms with Crippen LogP contribution in [0.3, 0.4) is 0 Å². The van der Waals surface area contributed by atoms with Gasteiger partial charge in [-0.05, 0) is 66.3 Å². The molecule has 0 saturated carbocycles. The zero-order chi connectivity index (χ0) is 24.3. The highest BCUT2D eigenvalue weighted by atomic mass is 16.6. The van der Waals surface area contributed by atoms with E-state index in [9.17, 15) is 0 Å². The van der Waals surface area contributed by atoms with Crippen molar-refractivity contribution in [3.05, 3.63) is 120 Å². The lowest BCUT2D eigenvalue weighted by atomic mass is 9.91. The highest BCUT2D eigenvalue weighted by Gasteiger charge is 2.43. The third-order valence-electron chi connectivity index (χ3n) is 7.90. The van der Waals surface area contributed by atoms with Gasteiger partial charge < -0.3 is 14.2 Å². The second kappa shape index (κ2) is 8.39. The Morgan fingerprint density at radius 2 is 0.838 bits per heavy atom. The third kappa shape index (κ3) is 3.62. The molecule has 6 aromatic rings. The van der Waals surface area contributed by atoms with E-state index in [1.54, 1.807) is 0 Å². The number of epoxide rings is 2. The van der Waals surface area contributed by atoms with Gasteiger partial charge >= 0.3 is 0 Å². The number of fused-ring (bicyclic) bond motifs is 6. The lowest BCUT2D eigenvalue weighted by Crippen LogP contribution is -2.19. The topological polar surface area (TPSA) is 34.3 Å². The Morgan fingerprint density at radius 1 is 0.486 bits per heavy atom. The van der Waals surface area contributed by atoms with Crippen LogP contribution in [0.1, 0.15) is 23.3 Å². The van der Waals surface area contributed by atoms with Gasteiger partial charge in [-0.2, -0.15) is 0 Å². The monoisotopic (exact) mass is 482 g/mol. The fourth-order valence-electron chi connectivity index (χ4n) is 5.98. The zero-order valence-electron chi connectivity index (χ0n) is 20.3. The summed E-state index contributed by atoms with van der Waals surface area (Å²) in [7, 11) is 0. The summed E-state index contributed by atoms with van der Waals surface area (Å²) in [5.41, 5.74) is 2.38. The number of ether oxygens (including phenoxy) is 3. The molecule has 0 amide bonds. The zero-order valence-corrected chi connectivity index (χ0v) is 20.3. The molecule has 0 N–H and O–H groups in total. The summed E-state index contributed by atoms with van der Waals surface area (Å²) in [6, 6.07) is 39.1. The molecule has 8 rings (SSSR count). The van der Waals surface area contributed by atoms with Crippen LogP contribution >= 0.6 is 0 Å². The highest BCUT2D eigenvalue weighted by Crippen LogP contribution is 2.45. The maximum absolute atomic E-state index is 7.13. The standard InChI is InChI=1S/C34H26O3/c1-3-11-23-21(9-1)17-29(27-15-7-5-13-25(23)27)33(31-19-35-31)37-34(32-20-36-32)30-18-22-10-2-4-12-24(22)26-14-6-8-16-28(26)30/h1-18,31-34H,19-20H2. The maximum atomic E-state index is 7.13. The Kier molecular flexibility index (Phi) is 4.84. The van der Waals surface area contributed by atoms with Crippen molar-refractivity contribution in [2.75, 3.05) is 13.2 Å². The minimum Gasteiger partial charge on any atom is -0.370 e. The summed E-state index contributed by atoms with van der Waals surface area (Å²) in [4.78, 5) is 0. The molecule has 180 valence electrons. The number of benzene rings is 6. The molecule has 0 radical (unpaired) electrons. The van der Waals surface area contributed by atoms with Crippen LogP contribution in [0.2, 0.25) is 0 Å². The van der Waals surface area contributed by atoms with Crippen molar-refractivity contribution in [1.82, 2.24) is 0 Å². The average molecular weight is 483 g/mol. The number of hydrogen-bond donors (Lipinski definition) is 0. The van der Waals surface area contributed by atoms with E-state index in [2.05, 4.69) is 109 Å². The minimum absolute atomic E-state index is 0.0394. The van der Waals surface area contributed by atoms with Crippen molar-refractivity contribution in [3.8, 4) is 0 Å². The van der Waals surface area contributed by atoms with E-state index in [1.165, 1.54) is 54.2 Å². The van der Waals surface area contributed by atoms with Crippen molar-refractivity contribution in [1.29, 1.82) is 0 Å². The SMILES string of the molecule is c1ccc2c(c1)cc(C(OC(c1cc3ccccc3c3ccccc13)C1CO1)C1CO1)c1ccccc12. The van der Waals surface area contributed by atoms with Gasteiger partial charge in [0.25, 0.3) is 0 Å². The predicted octanol–water partition coefficient (Wildman–Crippen LogP) is 7.90.